The van der Waals surface area contributed by atoms with Crippen LogP contribution in [0.4, 0.5) is 4.39 Å². The lowest BCUT2D eigenvalue weighted by atomic mass is 10.2. The van der Waals surface area contributed by atoms with E-state index in [1.54, 1.807) is 6.07 Å². The first-order chi connectivity index (χ1) is 5.29. The number of H-pyrrole nitrogens is 1. The maximum absolute atomic E-state index is 12.9. The molecular weight excluding hydrogens is 258 g/mol. The number of fused-ring (bicyclic) bond motifs is 1. The fraction of sp³-hybridized carbons (Fsp3) is 0. The maximum Gasteiger partial charge on any atom is 0.151 e. The van der Waals surface area contributed by atoms with E-state index in [4.69, 9.17) is 0 Å². The zero-order chi connectivity index (χ0) is 7.84. The summed E-state index contributed by atoms with van der Waals surface area (Å²) in [7, 11) is 0. The average molecular weight is 262 g/mol. The van der Waals surface area contributed by atoms with Crippen molar-refractivity contribution in [2.45, 2.75) is 0 Å². The summed E-state index contributed by atoms with van der Waals surface area (Å²) >= 11 is 2.09. The van der Waals surface area contributed by atoms with Gasteiger partial charge in [-0.15, -0.1) is 0 Å². The van der Waals surface area contributed by atoms with Crippen molar-refractivity contribution in [3.8, 4) is 0 Å². The molecule has 0 aliphatic heterocycles. The van der Waals surface area contributed by atoms with Crippen LogP contribution in [0.5, 0.6) is 0 Å². The van der Waals surface area contributed by atoms with Gasteiger partial charge in [-0.3, -0.25) is 5.10 Å². The standard InChI is InChI=1S/C7H4FIN2/c8-5-3-1-2-4-6(5)10-11-7(4)9/h1-3H,(H,10,11). The van der Waals surface area contributed by atoms with E-state index in [2.05, 4.69) is 32.8 Å². The molecule has 4 heteroatoms. The van der Waals surface area contributed by atoms with Crippen LogP contribution in [0, 0.1) is 9.52 Å². The van der Waals surface area contributed by atoms with Crippen molar-refractivity contribution < 1.29 is 4.39 Å². The second-order valence-electron chi connectivity index (χ2n) is 2.17. The summed E-state index contributed by atoms with van der Waals surface area (Å²) in [5, 5.41) is 7.36. The number of rotatable bonds is 0. The number of para-hydroxylation sites is 1. The fourth-order valence-electron chi connectivity index (χ4n) is 0.971. The highest BCUT2D eigenvalue weighted by molar-refractivity contribution is 14.1. The third-order valence-electron chi connectivity index (χ3n) is 1.49. The SMILES string of the molecule is Fc1cccc2c(I)[nH]nc12. The van der Waals surface area contributed by atoms with E-state index in [9.17, 15) is 4.39 Å². The Morgan fingerprint density at radius 2 is 2.27 bits per heavy atom. The van der Waals surface area contributed by atoms with Gasteiger partial charge >= 0.3 is 0 Å². The molecule has 0 radical (unpaired) electrons. The normalized spacial score (nSPS) is 10.7. The highest BCUT2D eigenvalue weighted by atomic mass is 127. The number of benzene rings is 1. The summed E-state index contributed by atoms with van der Waals surface area (Å²) in [5.74, 6) is -0.276. The molecule has 2 nitrogen and oxygen atoms in total. The van der Waals surface area contributed by atoms with Crippen LogP contribution in [0.2, 0.25) is 0 Å². The molecule has 1 aromatic heterocycles. The van der Waals surface area contributed by atoms with Gasteiger partial charge in [-0.2, -0.15) is 5.10 Å². The Morgan fingerprint density at radius 1 is 1.45 bits per heavy atom. The second-order valence-corrected chi connectivity index (χ2v) is 3.25. The van der Waals surface area contributed by atoms with Crippen LogP contribution < -0.4 is 0 Å². The van der Waals surface area contributed by atoms with Crippen molar-refractivity contribution in [1.82, 2.24) is 10.2 Å². The lowest BCUT2D eigenvalue weighted by molar-refractivity contribution is 0.636. The van der Waals surface area contributed by atoms with Gasteiger partial charge in [-0.1, -0.05) is 6.07 Å². The largest absolute Gasteiger partial charge is 0.271 e. The smallest absolute Gasteiger partial charge is 0.151 e. The quantitative estimate of drug-likeness (QED) is 0.725. The molecule has 2 rings (SSSR count). The first kappa shape index (κ1) is 7.02. The third kappa shape index (κ3) is 1.01. The molecule has 0 aliphatic rings. The highest BCUT2D eigenvalue weighted by Crippen LogP contribution is 2.19. The summed E-state index contributed by atoms with van der Waals surface area (Å²) < 4.78 is 13.8. The second kappa shape index (κ2) is 2.44. The number of aromatic amines is 1. The van der Waals surface area contributed by atoms with Gasteiger partial charge in [0, 0.05) is 5.39 Å². The van der Waals surface area contributed by atoms with E-state index in [0.29, 0.717) is 5.52 Å². The molecule has 0 bridgehead atoms. The van der Waals surface area contributed by atoms with Gasteiger partial charge in [-0.05, 0) is 34.7 Å². The van der Waals surface area contributed by atoms with Crippen molar-refractivity contribution in [2.24, 2.45) is 0 Å². The van der Waals surface area contributed by atoms with Crippen molar-refractivity contribution in [3.63, 3.8) is 0 Å². The Bertz CT molecular complexity index is 396. The van der Waals surface area contributed by atoms with Crippen molar-refractivity contribution >= 4 is 33.5 Å². The number of hydrogen-bond donors (Lipinski definition) is 1. The van der Waals surface area contributed by atoms with Gasteiger partial charge in [0.2, 0.25) is 0 Å². The van der Waals surface area contributed by atoms with E-state index in [0.717, 1.165) is 9.09 Å². The monoisotopic (exact) mass is 262 g/mol. The van der Waals surface area contributed by atoms with Gasteiger partial charge in [0.15, 0.2) is 5.82 Å². The van der Waals surface area contributed by atoms with E-state index in [1.165, 1.54) is 6.07 Å². The lowest BCUT2D eigenvalue weighted by Gasteiger charge is -1.87. The molecule has 11 heavy (non-hydrogen) atoms. The minimum absolute atomic E-state index is 0.276. The summed E-state index contributed by atoms with van der Waals surface area (Å²) in [5.41, 5.74) is 0.414. The van der Waals surface area contributed by atoms with Crippen LogP contribution in [0.1, 0.15) is 0 Å². The average Bonchev–Trinajstić information content (AvgIpc) is 2.35. The van der Waals surface area contributed by atoms with Gasteiger partial charge in [-0.25, -0.2) is 4.39 Å². The zero-order valence-electron chi connectivity index (χ0n) is 5.44. The Hall–Kier alpha value is -0.650. The Balaban J connectivity index is 2.94. The summed E-state index contributed by atoms with van der Waals surface area (Å²) in [6.45, 7) is 0. The van der Waals surface area contributed by atoms with Crippen LogP contribution >= 0.6 is 22.6 Å². The molecule has 1 N–H and O–H groups in total. The van der Waals surface area contributed by atoms with Crippen molar-refractivity contribution in [1.29, 1.82) is 0 Å². The van der Waals surface area contributed by atoms with E-state index < -0.39 is 0 Å². The minimum atomic E-state index is -0.276. The molecule has 0 spiro atoms. The number of nitrogens with one attached hydrogen (secondary N) is 1. The first-order valence-corrected chi connectivity index (χ1v) is 4.15. The van der Waals surface area contributed by atoms with Gasteiger partial charge < -0.3 is 0 Å². The molecule has 0 saturated heterocycles. The molecule has 1 heterocycles. The highest BCUT2D eigenvalue weighted by Gasteiger charge is 2.05. The van der Waals surface area contributed by atoms with Crippen molar-refractivity contribution in [2.75, 3.05) is 0 Å². The minimum Gasteiger partial charge on any atom is -0.271 e. The molecule has 2 aromatic rings. The molecule has 0 unspecified atom stereocenters. The van der Waals surface area contributed by atoms with Gasteiger partial charge in [0.1, 0.15) is 9.22 Å². The summed E-state index contributed by atoms with van der Waals surface area (Å²) in [4.78, 5) is 0. The van der Waals surface area contributed by atoms with Gasteiger partial charge in [0.25, 0.3) is 0 Å². The number of halogens is 2. The van der Waals surface area contributed by atoms with Crippen LogP contribution in [-0.4, -0.2) is 10.2 Å². The molecule has 0 aliphatic carbocycles. The van der Waals surface area contributed by atoms with Gasteiger partial charge in [0.05, 0.1) is 0 Å². The third-order valence-corrected chi connectivity index (χ3v) is 2.31. The topological polar surface area (TPSA) is 28.7 Å². The van der Waals surface area contributed by atoms with E-state index >= 15 is 0 Å². The fourth-order valence-corrected chi connectivity index (χ4v) is 1.53. The predicted molar refractivity (Wildman–Crippen MR) is 48.8 cm³/mol. The Labute approximate surface area is 75.9 Å². The molecular formula is C7H4FIN2. The van der Waals surface area contributed by atoms with Crippen LogP contribution in [0.25, 0.3) is 10.9 Å². The number of aromatic nitrogens is 2. The maximum atomic E-state index is 12.9. The van der Waals surface area contributed by atoms with E-state index in [-0.39, 0.29) is 5.82 Å². The first-order valence-electron chi connectivity index (χ1n) is 3.07. The van der Waals surface area contributed by atoms with Crippen LogP contribution in [0.3, 0.4) is 0 Å². The Kier molecular flexibility index (Phi) is 1.56. The summed E-state index contributed by atoms with van der Waals surface area (Å²) in [6.07, 6.45) is 0. The zero-order valence-corrected chi connectivity index (χ0v) is 7.59. The number of nitrogens with zero attached hydrogens (tertiary/aromatic N) is 1. The molecule has 56 valence electrons. The molecule has 1 aromatic carbocycles. The van der Waals surface area contributed by atoms with Crippen LogP contribution in [-0.2, 0) is 0 Å². The molecule has 0 amide bonds. The van der Waals surface area contributed by atoms with E-state index in [1.807, 2.05) is 6.07 Å². The molecule has 0 saturated carbocycles. The Morgan fingerprint density at radius 3 is 3.00 bits per heavy atom. The lowest BCUT2D eigenvalue weighted by Crippen LogP contribution is -1.75. The summed E-state index contributed by atoms with van der Waals surface area (Å²) in [6, 6.07) is 4.91. The number of hydrogen-bond acceptors (Lipinski definition) is 1. The molecule has 0 fully saturated rings. The van der Waals surface area contributed by atoms with Crippen LogP contribution in [0.15, 0.2) is 18.2 Å². The van der Waals surface area contributed by atoms with Crippen molar-refractivity contribution in [3.05, 3.63) is 27.7 Å². The molecule has 0 atom stereocenters. The predicted octanol–water partition coefficient (Wildman–Crippen LogP) is 2.31.